The Labute approximate surface area is 178 Å². The number of alkyl halides is 6. The molecule has 1 aliphatic rings. The number of rotatable bonds is 5. The molecule has 0 saturated heterocycles. The Kier molecular flexibility index (Phi) is 6.49. The molecule has 2 atom stereocenters. The first-order valence-electron chi connectivity index (χ1n) is 9.39. The number of benzene rings is 2. The fraction of sp³-hybridized carbons (Fsp3) is 0.333. The average molecular weight is 460 g/mol. The normalized spacial score (nSPS) is 18.7. The number of hydrogen-bond acceptors (Lipinski definition) is 3. The topological polar surface area (TPSA) is 67.4 Å². The molecular weight excluding hydrogens is 442 g/mol. The van der Waals surface area contributed by atoms with Gasteiger partial charge in [-0.05, 0) is 35.4 Å². The van der Waals surface area contributed by atoms with E-state index in [0.29, 0.717) is 12.1 Å². The quantitative estimate of drug-likeness (QED) is 0.523. The summed E-state index contributed by atoms with van der Waals surface area (Å²) < 4.78 is 84.8. The lowest BCUT2D eigenvalue weighted by molar-refractivity contribution is -0.143. The zero-order chi connectivity index (χ0) is 23.7. The van der Waals surface area contributed by atoms with E-state index in [0.717, 1.165) is 0 Å². The molecule has 2 N–H and O–H groups in total. The fourth-order valence-electron chi connectivity index (χ4n) is 3.57. The second kappa shape index (κ2) is 8.81. The number of amides is 2. The van der Waals surface area contributed by atoms with Crippen LogP contribution in [0, 0.1) is 0 Å². The summed E-state index contributed by atoms with van der Waals surface area (Å²) in [5, 5.41) is 4.94. The minimum Gasteiger partial charge on any atom is -0.383 e. The monoisotopic (exact) mass is 460 g/mol. The lowest BCUT2D eigenvalue weighted by atomic mass is 9.80. The van der Waals surface area contributed by atoms with Crippen LogP contribution in [-0.2, 0) is 21.9 Å². The van der Waals surface area contributed by atoms with Gasteiger partial charge in [-0.2, -0.15) is 26.3 Å². The van der Waals surface area contributed by atoms with Crippen LogP contribution < -0.4 is 10.6 Å². The van der Waals surface area contributed by atoms with E-state index < -0.39 is 52.8 Å². The van der Waals surface area contributed by atoms with E-state index in [1.54, 1.807) is 0 Å². The molecule has 0 bridgehead atoms. The van der Waals surface area contributed by atoms with Crippen LogP contribution in [0.25, 0.3) is 0 Å². The van der Waals surface area contributed by atoms with Crippen molar-refractivity contribution in [2.75, 3.05) is 20.3 Å². The van der Waals surface area contributed by atoms with Crippen LogP contribution in [0.1, 0.15) is 44.6 Å². The number of nitrogens with one attached hydrogen (secondary N) is 2. The van der Waals surface area contributed by atoms with Gasteiger partial charge in [-0.1, -0.05) is 18.2 Å². The SMILES string of the molecule is COCCNC(=O)C1c2ccccc2C(=O)NC1c1cc(C(F)(F)F)cc(C(F)(F)F)c1. The van der Waals surface area contributed by atoms with Gasteiger partial charge in [-0.25, -0.2) is 0 Å². The predicted molar refractivity (Wildman–Crippen MR) is 101 cm³/mol. The Morgan fingerprint density at radius 3 is 2.19 bits per heavy atom. The zero-order valence-electron chi connectivity index (χ0n) is 16.6. The molecule has 1 heterocycles. The standard InChI is InChI=1S/C21H18F6N2O3/c1-32-7-6-28-19(31)16-14-4-2-3-5-15(14)18(30)29-17(16)11-8-12(20(22,23)24)10-13(9-11)21(25,26)27/h2-5,8-10,16-17H,6-7H2,1H3,(H,28,31)(H,29,30). The third-order valence-electron chi connectivity index (χ3n) is 5.02. The van der Waals surface area contributed by atoms with Gasteiger partial charge in [0.2, 0.25) is 5.91 Å². The van der Waals surface area contributed by atoms with Crippen LogP contribution in [0.5, 0.6) is 0 Å². The Morgan fingerprint density at radius 1 is 1.03 bits per heavy atom. The van der Waals surface area contributed by atoms with E-state index in [1.807, 2.05) is 0 Å². The maximum Gasteiger partial charge on any atom is 0.416 e. The lowest BCUT2D eigenvalue weighted by Crippen LogP contribution is -2.45. The molecule has 5 nitrogen and oxygen atoms in total. The molecule has 2 aromatic carbocycles. The smallest absolute Gasteiger partial charge is 0.383 e. The summed E-state index contributed by atoms with van der Waals surface area (Å²) in [5.74, 6) is -2.65. The van der Waals surface area contributed by atoms with Crippen molar-refractivity contribution in [3.8, 4) is 0 Å². The van der Waals surface area contributed by atoms with Gasteiger partial charge in [0.25, 0.3) is 5.91 Å². The molecule has 0 fully saturated rings. The number of halogens is 6. The van der Waals surface area contributed by atoms with Crippen LogP contribution in [0.2, 0.25) is 0 Å². The summed E-state index contributed by atoms with van der Waals surface area (Å²) in [6, 6.07) is 5.50. The van der Waals surface area contributed by atoms with Crippen molar-refractivity contribution >= 4 is 11.8 Å². The maximum atomic E-state index is 13.3. The molecule has 2 amide bonds. The first-order chi connectivity index (χ1) is 14.9. The van der Waals surface area contributed by atoms with Gasteiger partial charge < -0.3 is 15.4 Å². The molecule has 11 heteroatoms. The molecule has 172 valence electrons. The van der Waals surface area contributed by atoms with Gasteiger partial charge in [0, 0.05) is 19.2 Å². The fourth-order valence-corrected chi connectivity index (χ4v) is 3.57. The Bertz CT molecular complexity index is 987. The van der Waals surface area contributed by atoms with Crippen molar-refractivity contribution in [2.45, 2.75) is 24.3 Å². The molecule has 2 unspecified atom stereocenters. The second-order valence-corrected chi connectivity index (χ2v) is 7.14. The summed E-state index contributed by atoms with van der Waals surface area (Å²) in [5.41, 5.74) is -3.24. The second-order valence-electron chi connectivity index (χ2n) is 7.14. The van der Waals surface area contributed by atoms with Crippen LogP contribution >= 0.6 is 0 Å². The summed E-state index contributed by atoms with van der Waals surface area (Å²) >= 11 is 0. The first-order valence-corrected chi connectivity index (χ1v) is 9.39. The average Bonchev–Trinajstić information content (AvgIpc) is 2.72. The number of methoxy groups -OCH3 is 1. The number of carbonyl (C=O) groups excluding carboxylic acids is 2. The Balaban J connectivity index is 2.15. The van der Waals surface area contributed by atoms with Crippen LogP contribution in [0.15, 0.2) is 42.5 Å². The van der Waals surface area contributed by atoms with E-state index in [2.05, 4.69) is 10.6 Å². The van der Waals surface area contributed by atoms with E-state index in [1.165, 1.54) is 31.4 Å². The van der Waals surface area contributed by atoms with Crippen LogP contribution in [0.4, 0.5) is 26.3 Å². The number of ether oxygens (including phenoxy) is 1. The molecule has 1 aliphatic heterocycles. The molecule has 3 rings (SSSR count). The lowest BCUT2D eigenvalue weighted by Gasteiger charge is -2.34. The predicted octanol–water partition coefficient (Wildman–Crippen LogP) is 4.06. The highest BCUT2D eigenvalue weighted by Gasteiger charge is 2.42. The van der Waals surface area contributed by atoms with Crippen LogP contribution in [0.3, 0.4) is 0 Å². The largest absolute Gasteiger partial charge is 0.416 e. The molecule has 0 saturated carbocycles. The highest BCUT2D eigenvalue weighted by molar-refractivity contribution is 6.01. The van der Waals surface area contributed by atoms with Crippen LogP contribution in [-0.4, -0.2) is 32.1 Å². The van der Waals surface area contributed by atoms with Crippen molar-refractivity contribution in [1.29, 1.82) is 0 Å². The van der Waals surface area contributed by atoms with Crippen molar-refractivity contribution in [2.24, 2.45) is 0 Å². The third-order valence-corrected chi connectivity index (χ3v) is 5.02. The molecule has 0 spiro atoms. The summed E-state index contributed by atoms with van der Waals surface area (Å²) in [6.07, 6.45) is -10.1. The first kappa shape index (κ1) is 23.6. The molecule has 32 heavy (non-hydrogen) atoms. The van der Waals surface area contributed by atoms with Crippen molar-refractivity contribution in [3.63, 3.8) is 0 Å². The van der Waals surface area contributed by atoms with Crippen molar-refractivity contribution < 1.29 is 40.7 Å². The minimum atomic E-state index is -5.07. The molecule has 0 radical (unpaired) electrons. The van der Waals surface area contributed by atoms with Gasteiger partial charge in [-0.3, -0.25) is 9.59 Å². The zero-order valence-corrected chi connectivity index (χ0v) is 16.6. The highest BCUT2D eigenvalue weighted by atomic mass is 19.4. The number of carbonyl (C=O) groups is 2. The van der Waals surface area contributed by atoms with Crippen molar-refractivity contribution in [1.82, 2.24) is 10.6 Å². The molecule has 0 aliphatic carbocycles. The van der Waals surface area contributed by atoms with E-state index in [-0.39, 0.29) is 30.3 Å². The summed E-state index contributed by atoms with van der Waals surface area (Å²) in [4.78, 5) is 25.5. The number of hydrogen-bond donors (Lipinski definition) is 2. The minimum absolute atomic E-state index is 0.00421. The van der Waals surface area contributed by atoms with Crippen molar-refractivity contribution in [3.05, 3.63) is 70.3 Å². The van der Waals surface area contributed by atoms with E-state index in [4.69, 9.17) is 4.74 Å². The van der Waals surface area contributed by atoms with E-state index >= 15 is 0 Å². The Morgan fingerprint density at radius 2 is 1.62 bits per heavy atom. The maximum absolute atomic E-state index is 13.3. The third kappa shape index (κ3) is 4.87. The molecule has 0 aromatic heterocycles. The Hall–Kier alpha value is -3.08. The van der Waals surface area contributed by atoms with Gasteiger partial charge in [0.15, 0.2) is 0 Å². The van der Waals surface area contributed by atoms with E-state index in [9.17, 15) is 35.9 Å². The van der Waals surface area contributed by atoms with Gasteiger partial charge in [0.1, 0.15) is 0 Å². The highest BCUT2D eigenvalue weighted by Crippen LogP contribution is 2.42. The summed E-state index contributed by atoms with van der Waals surface area (Å²) in [6.45, 7) is 0.198. The number of fused-ring (bicyclic) bond motifs is 1. The molecule has 2 aromatic rings. The van der Waals surface area contributed by atoms with Gasteiger partial charge >= 0.3 is 12.4 Å². The summed E-state index contributed by atoms with van der Waals surface area (Å²) in [7, 11) is 1.40. The van der Waals surface area contributed by atoms with Gasteiger partial charge in [-0.15, -0.1) is 0 Å². The van der Waals surface area contributed by atoms with Gasteiger partial charge in [0.05, 0.1) is 29.7 Å². The molecular formula is C21H18F6N2O3.